The maximum atomic E-state index is 9.80. The van der Waals surface area contributed by atoms with E-state index >= 15 is 0 Å². The average molecular weight is 263 g/mol. The van der Waals surface area contributed by atoms with Crippen molar-refractivity contribution in [2.45, 2.75) is 13.0 Å². The van der Waals surface area contributed by atoms with Gasteiger partial charge in [0.25, 0.3) is 0 Å². The first-order valence-electron chi connectivity index (χ1n) is 7.09. The predicted molar refractivity (Wildman–Crippen MR) is 78.5 cm³/mol. The van der Waals surface area contributed by atoms with Crippen LogP contribution in [0.4, 0.5) is 0 Å². The van der Waals surface area contributed by atoms with E-state index in [4.69, 9.17) is 0 Å². The molecular formula is C15H25N3O. The molecule has 1 aliphatic rings. The van der Waals surface area contributed by atoms with Gasteiger partial charge in [-0.3, -0.25) is 4.90 Å². The summed E-state index contributed by atoms with van der Waals surface area (Å²) in [7, 11) is 2.18. The molecule has 1 fully saturated rings. The van der Waals surface area contributed by atoms with Crippen LogP contribution in [0.15, 0.2) is 24.3 Å². The van der Waals surface area contributed by atoms with Gasteiger partial charge in [0.1, 0.15) is 5.75 Å². The molecule has 1 aromatic carbocycles. The van der Waals surface area contributed by atoms with Gasteiger partial charge in [-0.25, -0.2) is 0 Å². The molecule has 4 nitrogen and oxygen atoms in total. The Morgan fingerprint density at radius 2 is 1.89 bits per heavy atom. The summed E-state index contributed by atoms with van der Waals surface area (Å²) in [6.45, 7) is 8.76. The smallest absolute Gasteiger partial charge is 0.120 e. The number of nitrogens with one attached hydrogen (secondary N) is 1. The van der Waals surface area contributed by atoms with Crippen molar-refractivity contribution in [1.29, 1.82) is 0 Å². The van der Waals surface area contributed by atoms with E-state index in [2.05, 4.69) is 29.1 Å². The topological polar surface area (TPSA) is 38.7 Å². The Kier molecular flexibility index (Phi) is 5.19. The lowest BCUT2D eigenvalue weighted by Crippen LogP contribution is -2.46. The fourth-order valence-electron chi connectivity index (χ4n) is 2.47. The Morgan fingerprint density at radius 3 is 2.58 bits per heavy atom. The van der Waals surface area contributed by atoms with Crippen molar-refractivity contribution in [3.05, 3.63) is 29.8 Å². The van der Waals surface area contributed by atoms with Gasteiger partial charge in [-0.1, -0.05) is 18.2 Å². The number of hydrogen-bond donors (Lipinski definition) is 2. The minimum atomic E-state index is 0.189. The monoisotopic (exact) mass is 263 g/mol. The molecule has 4 heteroatoms. The zero-order valence-corrected chi connectivity index (χ0v) is 12.0. The molecule has 0 aromatic heterocycles. The fourth-order valence-corrected chi connectivity index (χ4v) is 2.47. The van der Waals surface area contributed by atoms with E-state index in [1.807, 2.05) is 18.2 Å². The molecule has 0 amide bonds. The van der Waals surface area contributed by atoms with Crippen LogP contribution in [0.2, 0.25) is 0 Å². The summed E-state index contributed by atoms with van der Waals surface area (Å²) < 4.78 is 0. The van der Waals surface area contributed by atoms with Gasteiger partial charge < -0.3 is 15.3 Å². The van der Waals surface area contributed by atoms with Crippen LogP contribution in [0.25, 0.3) is 0 Å². The Balaban J connectivity index is 1.72. The zero-order chi connectivity index (χ0) is 13.7. The van der Waals surface area contributed by atoms with Crippen molar-refractivity contribution in [3.63, 3.8) is 0 Å². The zero-order valence-electron chi connectivity index (χ0n) is 12.0. The normalized spacial score (nSPS) is 19.5. The Bertz CT molecular complexity index is 389. The standard InChI is InChI=1S/C15H25N3O/c1-13(14-5-3-4-6-15(14)19)16-7-8-18-11-9-17(2)10-12-18/h3-6,13,16,19H,7-12H2,1-2H3. The maximum absolute atomic E-state index is 9.80. The Hall–Kier alpha value is -1.10. The van der Waals surface area contributed by atoms with Crippen LogP contribution in [0.3, 0.4) is 0 Å². The maximum Gasteiger partial charge on any atom is 0.120 e. The van der Waals surface area contributed by atoms with Gasteiger partial charge >= 0.3 is 0 Å². The second-order valence-corrected chi connectivity index (χ2v) is 5.38. The Morgan fingerprint density at radius 1 is 1.21 bits per heavy atom. The summed E-state index contributed by atoms with van der Waals surface area (Å²) in [5.74, 6) is 0.377. The van der Waals surface area contributed by atoms with E-state index in [-0.39, 0.29) is 6.04 Å². The third-order valence-corrected chi connectivity index (χ3v) is 3.88. The molecule has 0 bridgehead atoms. The minimum absolute atomic E-state index is 0.189. The van der Waals surface area contributed by atoms with E-state index in [1.165, 1.54) is 0 Å². The number of piperazine rings is 1. The van der Waals surface area contributed by atoms with Crippen molar-refractivity contribution >= 4 is 0 Å². The van der Waals surface area contributed by atoms with Gasteiger partial charge in [-0.15, -0.1) is 0 Å². The first-order chi connectivity index (χ1) is 9.16. The average Bonchev–Trinajstić information content (AvgIpc) is 2.41. The summed E-state index contributed by atoms with van der Waals surface area (Å²) in [4.78, 5) is 4.86. The second-order valence-electron chi connectivity index (χ2n) is 5.38. The Labute approximate surface area is 116 Å². The van der Waals surface area contributed by atoms with Crippen molar-refractivity contribution in [3.8, 4) is 5.75 Å². The van der Waals surface area contributed by atoms with E-state index in [9.17, 15) is 5.11 Å². The van der Waals surface area contributed by atoms with Crippen LogP contribution in [0, 0.1) is 0 Å². The highest BCUT2D eigenvalue weighted by Gasteiger charge is 2.14. The van der Waals surface area contributed by atoms with Crippen LogP contribution in [-0.4, -0.2) is 61.2 Å². The van der Waals surface area contributed by atoms with Crippen LogP contribution in [-0.2, 0) is 0 Å². The molecule has 1 unspecified atom stereocenters. The van der Waals surface area contributed by atoms with Gasteiger partial charge in [0, 0.05) is 50.9 Å². The number of likely N-dealkylation sites (N-methyl/N-ethyl adjacent to an activating group) is 1. The van der Waals surface area contributed by atoms with E-state index in [0.29, 0.717) is 5.75 Å². The number of para-hydroxylation sites is 1. The summed E-state index contributed by atoms with van der Waals surface area (Å²) in [5, 5.41) is 13.3. The molecule has 0 radical (unpaired) electrons. The number of phenolic OH excluding ortho intramolecular Hbond substituents is 1. The van der Waals surface area contributed by atoms with Gasteiger partial charge in [-0.2, -0.15) is 0 Å². The number of benzene rings is 1. The highest BCUT2D eigenvalue weighted by molar-refractivity contribution is 5.34. The lowest BCUT2D eigenvalue weighted by atomic mass is 10.1. The first kappa shape index (κ1) is 14.3. The number of rotatable bonds is 5. The van der Waals surface area contributed by atoms with Crippen LogP contribution in [0.1, 0.15) is 18.5 Å². The first-order valence-corrected chi connectivity index (χ1v) is 7.09. The highest BCUT2D eigenvalue weighted by atomic mass is 16.3. The SMILES string of the molecule is CC(NCCN1CCN(C)CC1)c1ccccc1O. The van der Waals surface area contributed by atoms with Crippen LogP contribution < -0.4 is 5.32 Å². The molecule has 0 spiro atoms. The molecule has 2 rings (SSSR count). The summed E-state index contributed by atoms with van der Waals surface area (Å²) >= 11 is 0. The number of phenols is 1. The lowest BCUT2D eigenvalue weighted by Gasteiger charge is -2.32. The van der Waals surface area contributed by atoms with E-state index in [1.54, 1.807) is 6.07 Å². The molecule has 19 heavy (non-hydrogen) atoms. The molecule has 1 aliphatic heterocycles. The quantitative estimate of drug-likeness (QED) is 0.840. The molecular weight excluding hydrogens is 238 g/mol. The van der Waals surface area contributed by atoms with Gasteiger partial charge in [0.05, 0.1) is 0 Å². The van der Waals surface area contributed by atoms with Crippen molar-refractivity contribution in [2.75, 3.05) is 46.3 Å². The number of nitrogens with zero attached hydrogens (tertiary/aromatic N) is 2. The lowest BCUT2D eigenvalue weighted by molar-refractivity contribution is 0.154. The van der Waals surface area contributed by atoms with Gasteiger partial charge in [0.15, 0.2) is 0 Å². The van der Waals surface area contributed by atoms with E-state index in [0.717, 1.165) is 44.8 Å². The predicted octanol–water partition coefficient (Wildman–Crippen LogP) is 1.29. The number of hydrogen-bond acceptors (Lipinski definition) is 4. The van der Waals surface area contributed by atoms with Crippen molar-refractivity contribution in [2.24, 2.45) is 0 Å². The molecule has 2 N–H and O–H groups in total. The summed E-state index contributed by atoms with van der Waals surface area (Å²) in [5.41, 5.74) is 0.973. The number of aromatic hydroxyl groups is 1. The van der Waals surface area contributed by atoms with Gasteiger partial charge in [-0.05, 0) is 20.0 Å². The van der Waals surface area contributed by atoms with E-state index < -0.39 is 0 Å². The molecule has 1 heterocycles. The third kappa shape index (κ3) is 4.20. The molecule has 1 aromatic rings. The molecule has 0 saturated carbocycles. The molecule has 1 atom stereocenters. The third-order valence-electron chi connectivity index (χ3n) is 3.88. The minimum Gasteiger partial charge on any atom is -0.508 e. The molecule has 0 aliphatic carbocycles. The van der Waals surface area contributed by atoms with Crippen LogP contribution >= 0.6 is 0 Å². The highest BCUT2D eigenvalue weighted by Crippen LogP contribution is 2.22. The van der Waals surface area contributed by atoms with Crippen LogP contribution in [0.5, 0.6) is 5.75 Å². The van der Waals surface area contributed by atoms with Gasteiger partial charge in [0.2, 0.25) is 0 Å². The fraction of sp³-hybridized carbons (Fsp3) is 0.600. The molecule has 106 valence electrons. The van der Waals surface area contributed by atoms with Crippen molar-refractivity contribution in [1.82, 2.24) is 15.1 Å². The summed E-state index contributed by atoms with van der Waals surface area (Å²) in [6.07, 6.45) is 0. The second kappa shape index (κ2) is 6.89. The van der Waals surface area contributed by atoms with Crippen molar-refractivity contribution < 1.29 is 5.11 Å². The summed E-state index contributed by atoms with van der Waals surface area (Å²) in [6, 6.07) is 7.73. The largest absolute Gasteiger partial charge is 0.508 e. The molecule has 1 saturated heterocycles.